The number of aromatic nitrogens is 2. The Morgan fingerprint density at radius 3 is 2.28 bits per heavy atom. The first-order chi connectivity index (χ1) is 13.8. The molecule has 29 heavy (non-hydrogen) atoms. The molecule has 0 radical (unpaired) electrons. The summed E-state index contributed by atoms with van der Waals surface area (Å²) in [6, 6.07) is 13.4. The van der Waals surface area contributed by atoms with E-state index in [0.29, 0.717) is 5.69 Å². The number of aromatic amines is 1. The molecule has 8 heteroatoms. The molecule has 0 aliphatic heterocycles. The molecule has 0 fully saturated rings. The van der Waals surface area contributed by atoms with Crippen LogP contribution in [0.15, 0.2) is 58.1 Å². The largest absolute Gasteiger partial charge is 0.354 e. The molecule has 0 unspecified atom stereocenters. The van der Waals surface area contributed by atoms with Gasteiger partial charge in [0.25, 0.3) is 11.1 Å². The van der Waals surface area contributed by atoms with Gasteiger partial charge in [0.1, 0.15) is 6.54 Å². The molecule has 1 aromatic heterocycles. The third-order valence-electron chi connectivity index (χ3n) is 4.24. The Hall–Kier alpha value is -3.68. The van der Waals surface area contributed by atoms with Gasteiger partial charge in [-0.1, -0.05) is 24.3 Å². The second-order valence-corrected chi connectivity index (χ2v) is 7.02. The van der Waals surface area contributed by atoms with Gasteiger partial charge in [-0.3, -0.25) is 24.3 Å². The smallest absolute Gasteiger partial charge is 0.273 e. The molecule has 150 valence electrons. The van der Waals surface area contributed by atoms with Gasteiger partial charge in [0.05, 0.1) is 17.2 Å². The third-order valence-corrected chi connectivity index (χ3v) is 4.24. The van der Waals surface area contributed by atoms with Crippen LogP contribution in [-0.2, 0) is 22.6 Å². The lowest BCUT2D eigenvalue weighted by Gasteiger charge is -2.10. The van der Waals surface area contributed by atoms with Gasteiger partial charge in [0.15, 0.2) is 0 Å². The third kappa shape index (κ3) is 4.98. The molecule has 8 nitrogen and oxygen atoms in total. The summed E-state index contributed by atoms with van der Waals surface area (Å²) in [7, 11) is 0. The van der Waals surface area contributed by atoms with Gasteiger partial charge < -0.3 is 10.6 Å². The molecule has 0 bridgehead atoms. The first kappa shape index (κ1) is 20.1. The summed E-state index contributed by atoms with van der Waals surface area (Å²) in [6.07, 6.45) is 0.250. The zero-order valence-electron chi connectivity index (χ0n) is 16.2. The molecule has 0 saturated carbocycles. The molecule has 3 N–H and O–H groups in total. The SMILES string of the molecule is CC(C)NC(=O)Cc1ccc(NC(=O)Cn2[nH]c(=O)c3ccccc3c2=O)cc1. The maximum atomic E-state index is 12.5. The number of nitrogens with one attached hydrogen (secondary N) is 3. The minimum absolute atomic E-state index is 0.0728. The quantitative estimate of drug-likeness (QED) is 0.586. The minimum Gasteiger partial charge on any atom is -0.354 e. The molecule has 0 aliphatic carbocycles. The van der Waals surface area contributed by atoms with Crippen LogP contribution >= 0.6 is 0 Å². The Bertz CT molecular complexity index is 1160. The van der Waals surface area contributed by atoms with Crippen LogP contribution in [0.2, 0.25) is 0 Å². The zero-order chi connectivity index (χ0) is 21.0. The van der Waals surface area contributed by atoms with Gasteiger partial charge in [-0.15, -0.1) is 0 Å². The average molecular weight is 394 g/mol. The number of rotatable bonds is 6. The minimum atomic E-state index is -0.455. The van der Waals surface area contributed by atoms with Crippen molar-refractivity contribution in [1.82, 2.24) is 15.1 Å². The number of hydrogen-bond donors (Lipinski definition) is 3. The van der Waals surface area contributed by atoms with Crippen molar-refractivity contribution in [2.45, 2.75) is 32.9 Å². The number of nitrogens with zero attached hydrogens (tertiary/aromatic N) is 1. The molecule has 2 aromatic carbocycles. The number of amides is 2. The Morgan fingerprint density at radius 2 is 1.62 bits per heavy atom. The first-order valence-corrected chi connectivity index (χ1v) is 9.23. The predicted octanol–water partition coefficient (Wildman–Crippen LogP) is 1.40. The maximum Gasteiger partial charge on any atom is 0.273 e. The Labute approximate surface area is 166 Å². The fourth-order valence-electron chi connectivity index (χ4n) is 2.97. The van der Waals surface area contributed by atoms with E-state index in [-0.39, 0.29) is 35.7 Å². The van der Waals surface area contributed by atoms with Crippen molar-refractivity contribution in [3.63, 3.8) is 0 Å². The lowest BCUT2D eigenvalue weighted by molar-refractivity contribution is -0.121. The molecule has 3 aromatic rings. The van der Waals surface area contributed by atoms with Crippen molar-refractivity contribution in [2.75, 3.05) is 5.32 Å². The summed E-state index contributed by atoms with van der Waals surface area (Å²) in [5, 5.41) is 8.46. The summed E-state index contributed by atoms with van der Waals surface area (Å²) >= 11 is 0. The first-order valence-electron chi connectivity index (χ1n) is 9.23. The lowest BCUT2D eigenvalue weighted by Crippen LogP contribution is -2.34. The van der Waals surface area contributed by atoms with Gasteiger partial charge in [-0.05, 0) is 43.7 Å². The molecule has 0 saturated heterocycles. The van der Waals surface area contributed by atoms with Gasteiger partial charge in [0.2, 0.25) is 11.8 Å². The van der Waals surface area contributed by atoms with Crippen molar-refractivity contribution in [2.24, 2.45) is 0 Å². The van der Waals surface area contributed by atoms with E-state index in [1.165, 1.54) is 0 Å². The Kier molecular flexibility index (Phi) is 5.92. The number of fused-ring (bicyclic) bond motifs is 1. The molecule has 0 atom stereocenters. The molecule has 2 amide bonds. The van der Waals surface area contributed by atoms with Crippen LogP contribution in [0.4, 0.5) is 5.69 Å². The van der Waals surface area contributed by atoms with E-state index in [4.69, 9.17) is 0 Å². The Morgan fingerprint density at radius 1 is 0.966 bits per heavy atom. The standard InChI is InChI=1S/C21H22N4O4/c1-13(2)22-18(26)11-14-7-9-15(10-8-14)23-19(27)12-25-21(29)17-6-4-3-5-16(17)20(28)24-25/h3-10,13H,11-12H2,1-2H3,(H,22,26)(H,23,27)(H,24,28). The monoisotopic (exact) mass is 394 g/mol. The van der Waals surface area contributed by atoms with Gasteiger partial charge >= 0.3 is 0 Å². The highest BCUT2D eigenvalue weighted by molar-refractivity contribution is 5.91. The van der Waals surface area contributed by atoms with Gasteiger partial charge in [-0.25, -0.2) is 4.68 Å². The number of carbonyl (C=O) groups excluding carboxylic acids is 2. The molecular weight excluding hydrogens is 372 g/mol. The van der Waals surface area contributed by atoms with Crippen LogP contribution < -0.4 is 21.8 Å². The normalized spacial score (nSPS) is 10.9. The van der Waals surface area contributed by atoms with Crippen molar-refractivity contribution >= 4 is 28.3 Å². The van der Waals surface area contributed by atoms with Crippen LogP contribution in [0.1, 0.15) is 19.4 Å². The average Bonchev–Trinajstić information content (AvgIpc) is 2.67. The van der Waals surface area contributed by atoms with Crippen LogP contribution in [0.3, 0.4) is 0 Å². The number of H-pyrrole nitrogens is 1. The summed E-state index contributed by atoms with van der Waals surface area (Å²) in [5.74, 6) is -0.528. The molecular formula is C21H22N4O4. The highest BCUT2D eigenvalue weighted by Gasteiger charge is 2.11. The van der Waals surface area contributed by atoms with E-state index in [1.807, 2.05) is 13.8 Å². The van der Waals surface area contributed by atoms with E-state index in [1.54, 1.807) is 48.5 Å². The van der Waals surface area contributed by atoms with E-state index >= 15 is 0 Å². The molecule has 3 rings (SSSR count). The lowest BCUT2D eigenvalue weighted by atomic mass is 10.1. The van der Waals surface area contributed by atoms with Crippen LogP contribution in [0.25, 0.3) is 10.8 Å². The fourth-order valence-corrected chi connectivity index (χ4v) is 2.97. The summed E-state index contributed by atoms with van der Waals surface area (Å²) in [4.78, 5) is 48.7. The highest BCUT2D eigenvalue weighted by atomic mass is 16.2. The van der Waals surface area contributed by atoms with Crippen molar-refractivity contribution < 1.29 is 9.59 Å². The van der Waals surface area contributed by atoms with E-state index < -0.39 is 17.0 Å². The maximum absolute atomic E-state index is 12.5. The van der Waals surface area contributed by atoms with Gasteiger partial charge in [0, 0.05) is 11.7 Å². The number of carbonyl (C=O) groups is 2. The van der Waals surface area contributed by atoms with Crippen molar-refractivity contribution in [1.29, 1.82) is 0 Å². The fraction of sp³-hybridized carbons (Fsp3) is 0.238. The van der Waals surface area contributed by atoms with Crippen molar-refractivity contribution in [3.8, 4) is 0 Å². The summed E-state index contributed by atoms with van der Waals surface area (Å²) in [5.41, 5.74) is 0.467. The van der Waals surface area contributed by atoms with E-state index in [9.17, 15) is 19.2 Å². The topological polar surface area (TPSA) is 113 Å². The second-order valence-electron chi connectivity index (χ2n) is 7.02. The Balaban J connectivity index is 1.68. The molecule has 1 heterocycles. The van der Waals surface area contributed by atoms with Crippen molar-refractivity contribution in [3.05, 3.63) is 74.8 Å². The van der Waals surface area contributed by atoms with Crippen LogP contribution in [0, 0.1) is 0 Å². The predicted molar refractivity (Wildman–Crippen MR) is 111 cm³/mol. The zero-order valence-corrected chi connectivity index (χ0v) is 16.2. The number of anilines is 1. The van der Waals surface area contributed by atoms with Crippen LogP contribution in [-0.4, -0.2) is 27.6 Å². The summed E-state index contributed by atoms with van der Waals surface area (Å²) in [6.45, 7) is 3.46. The number of hydrogen-bond acceptors (Lipinski definition) is 4. The van der Waals surface area contributed by atoms with Crippen LogP contribution in [0.5, 0.6) is 0 Å². The van der Waals surface area contributed by atoms with Gasteiger partial charge in [-0.2, -0.15) is 0 Å². The molecule has 0 aliphatic rings. The van der Waals surface area contributed by atoms with E-state index in [2.05, 4.69) is 15.7 Å². The number of benzene rings is 2. The molecule has 0 spiro atoms. The van der Waals surface area contributed by atoms with E-state index in [0.717, 1.165) is 10.2 Å². The summed E-state index contributed by atoms with van der Waals surface area (Å²) < 4.78 is 0.991. The highest BCUT2D eigenvalue weighted by Crippen LogP contribution is 2.10. The second kappa shape index (κ2) is 8.55.